The van der Waals surface area contributed by atoms with E-state index in [0.29, 0.717) is 21.1 Å². The molecule has 3 aromatic rings. The number of hydrogen-bond donors (Lipinski definition) is 1. The van der Waals surface area contributed by atoms with Crippen LogP contribution >= 0.6 is 31.9 Å². The summed E-state index contributed by atoms with van der Waals surface area (Å²) in [4.78, 5) is 14.5. The highest BCUT2D eigenvalue weighted by Gasteiger charge is 2.31. The summed E-state index contributed by atoms with van der Waals surface area (Å²) in [6.07, 6.45) is 0.566. The Morgan fingerprint density at radius 1 is 1.03 bits per heavy atom. The van der Waals surface area contributed by atoms with Crippen LogP contribution in [0.2, 0.25) is 0 Å². The number of anilines is 2. The number of sulfonamides is 1. The van der Waals surface area contributed by atoms with Crippen molar-refractivity contribution in [1.82, 2.24) is 5.01 Å². The van der Waals surface area contributed by atoms with Crippen molar-refractivity contribution < 1.29 is 13.2 Å². The van der Waals surface area contributed by atoms with Crippen molar-refractivity contribution in [1.29, 1.82) is 0 Å². The average molecular weight is 620 g/mol. The largest absolute Gasteiger partial charge is 0.378 e. The first-order valence-electron chi connectivity index (χ1n) is 10.8. The number of amides is 1. The minimum atomic E-state index is -3.79. The second kappa shape index (κ2) is 10.1. The molecule has 0 spiro atoms. The summed E-state index contributed by atoms with van der Waals surface area (Å²) in [6, 6.07) is 19.9. The first-order valence-corrected chi connectivity index (χ1v) is 13.8. The van der Waals surface area contributed by atoms with E-state index in [0.717, 1.165) is 22.5 Å². The number of hydrogen-bond acceptors (Lipinski definition) is 5. The predicted octanol–water partition coefficient (Wildman–Crippen LogP) is 5.78. The van der Waals surface area contributed by atoms with Crippen LogP contribution in [0.15, 0.2) is 85.7 Å². The lowest BCUT2D eigenvalue weighted by Gasteiger charge is -2.21. The molecule has 1 aliphatic rings. The molecule has 3 aromatic carbocycles. The number of nitrogens with zero attached hydrogens (tertiary/aromatic N) is 3. The number of nitrogens with one attached hydrogen (secondary N) is 1. The number of rotatable bonds is 6. The van der Waals surface area contributed by atoms with E-state index in [9.17, 15) is 13.2 Å². The maximum atomic E-state index is 12.9. The molecular weight excluding hydrogens is 596 g/mol. The molecule has 0 radical (unpaired) electrons. The SMILES string of the molecule is CC(=O)N1N=C(c2ccc(NS(=O)(=O)c3cc(Br)ccc3Br)cc2)CC1c1ccc(N(C)C)cc1. The normalized spacial score (nSPS) is 15.6. The standard InChI is InChI=1S/C25H24Br2N4O3S/c1-16(32)31-24(18-6-11-21(12-7-18)30(2)3)15-23(28-31)17-4-9-20(10-5-17)29-35(33,34)25-14-19(26)8-13-22(25)27/h4-14,24,29H,15H2,1-3H3. The van der Waals surface area contributed by atoms with E-state index in [1.54, 1.807) is 24.3 Å². The van der Waals surface area contributed by atoms with Crippen molar-refractivity contribution in [2.75, 3.05) is 23.7 Å². The van der Waals surface area contributed by atoms with Crippen molar-refractivity contribution in [3.8, 4) is 0 Å². The monoisotopic (exact) mass is 618 g/mol. The van der Waals surface area contributed by atoms with Gasteiger partial charge in [-0.25, -0.2) is 13.4 Å². The molecule has 182 valence electrons. The Bertz CT molecular complexity index is 1390. The van der Waals surface area contributed by atoms with Crippen molar-refractivity contribution in [3.05, 3.63) is 86.8 Å². The maximum absolute atomic E-state index is 12.9. The van der Waals surface area contributed by atoms with E-state index in [2.05, 4.69) is 41.7 Å². The van der Waals surface area contributed by atoms with Gasteiger partial charge in [-0.15, -0.1) is 0 Å². The van der Waals surface area contributed by atoms with Gasteiger partial charge in [-0.05, 0) is 69.5 Å². The molecule has 0 aromatic heterocycles. The highest BCUT2D eigenvalue weighted by atomic mass is 79.9. The Kier molecular flexibility index (Phi) is 7.35. The van der Waals surface area contributed by atoms with Crippen molar-refractivity contribution in [2.45, 2.75) is 24.3 Å². The highest BCUT2D eigenvalue weighted by molar-refractivity contribution is 9.11. The minimum absolute atomic E-state index is 0.134. The van der Waals surface area contributed by atoms with Gasteiger partial charge in [0.25, 0.3) is 10.0 Å². The van der Waals surface area contributed by atoms with E-state index in [-0.39, 0.29) is 16.8 Å². The quantitative estimate of drug-likeness (QED) is 0.379. The third kappa shape index (κ3) is 5.60. The summed E-state index contributed by atoms with van der Waals surface area (Å²) in [5, 5.41) is 6.10. The molecule has 0 fully saturated rings. The van der Waals surface area contributed by atoms with Gasteiger partial charge in [0, 0.05) is 47.8 Å². The molecule has 1 heterocycles. The minimum Gasteiger partial charge on any atom is -0.378 e. The lowest BCUT2D eigenvalue weighted by atomic mass is 9.98. The molecular formula is C25H24Br2N4O3S. The second-order valence-corrected chi connectivity index (χ2v) is 11.8. The average Bonchev–Trinajstić information content (AvgIpc) is 3.27. The fourth-order valence-electron chi connectivity index (χ4n) is 3.85. The van der Waals surface area contributed by atoms with E-state index in [1.165, 1.54) is 18.0 Å². The Morgan fingerprint density at radius 2 is 1.69 bits per heavy atom. The van der Waals surface area contributed by atoms with Gasteiger partial charge in [-0.2, -0.15) is 5.10 Å². The number of hydrazone groups is 1. The van der Waals surface area contributed by atoms with Gasteiger partial charge < -0.3 is 4.90 Å². The number of benzene rings is 3. The van der Waals surface area contributed by atoms with Crippen LogP contribution in [0.3, 0.4) is 0 Å². The maximum Gasteiger partial charge on any atom is 0.263 e. The summed E-state index contributed by atoms with van der Waals surface area (Å²) >= 11 is 6.61. The zero-order valence-electron chi connectivity index (χ0n) is 19.4. The van der Waals surface area contributed by atoms with Gasteiger partial charge in [0.15, 0.2) is 0 Å². The van der Waals surface area contributed by atoms with Crippen LogP contribution < -0.4 is 9.62 Å². The Balaban J connectivity index is 1.54. The molecule has 1 aliphatic heterocycles. The molecule has 35 heavy (non-hydrogen) atoms. The third-order valence-electron chi connectivity index (χ3n) is 5.68. The molecule has 10 heteroatoms. The summed E-state index contributed by atoms with van der Waals surface area (Å²) in [6.45, 7) is 1.51. The third-order valence-corrected chi connectivity index (χ3v) is 8.55. The molecule has 1 amide bonds. The highest BCUT2D eigenvalue weighted by Crippen LogP contribution is 2.34. The van der Waals surface area contributed by atoms with Crippen LogP contribution in [0.5, 0.6) is 0 Å². The fourth-order valence-corrected chi connectivity index (χ4v) is 6.41. The van der Waals surface area contributed by atoms with Crippen LogP contribution in [-0.2, 0) is 14.8 Å². The van der Waals surface area contributed by atoms with Gasteiger partial charge in [-0.1, -0.05) is 40.2 Å². The fraction of sp³-hybridized carbons (Fsp3) is 0.200. The molecule has 4 rings (SSSR count). The van der Waals surface area contributed by atoms with Gasteiger partial charge in [0.1, 0.15) is 4.90 Å². The van der Waals surface area contributed by atoms with Crippen LogP contribution in [0.4, 0.5) is 11.4 Å². The van der Waals surface area contributed by atoms with E-state index in [1.807, 2.05) is 55.4 Å². The molecule has 0 saturated carbocycles. The van der Waals surface area contributed by atoms with E-state index in [4.69, 9.17) is 0 Å². The lowest BCUT2D eigenvalue weighted by molar-refractivity contribution is -0.130. The van der Waals surface area contributed by atoms with Crippen LogP contribution in [-0.4, -0.2) is 39.1 Å². The molecule has 1 N–H and O–H groups in total. The molecule has 7 nitrogen and oxygen atoms in total. The van der Waals surface area contributed by atoms with Gasteiger partial charge in [0.05, 0.1) is 11.8 Å². The summed E-state index contributed by atoms with van der Waals surface area (Å²) in [5.74, 6) is -0.134. The lowest BCUT2D eigenvalue weighted by Crippen LogP contribution is -2.24. The van der Waals surface area contributed by atoms with Crippen molar-refractivity contribution in [3.63, 3.8) is 0 Å². The first kappa shape index (κ1) is 25.4. The van der Waals surface area contributed by atoms with Gasteiger partial charge in [0.2, 0.25) is 5.91 Å². The summed E-state index contributed by atoms with van der Waals surface area (Å²) in [7, 11) is 0.176. The number of carbonyl (C=O) groups is 1. The van der Waals surface area contributed by atoms with Crippen molar-refractivity contribution in [2.24, 2.45) is 5.10 Å². The van der Waals surface area contributed by atoms with Crippen LogP contribution in [0.1, 0.15) is 30.5 Å². The zero-order valence-corrected chi connectivity index (χ0v) is 23.4. The molecule has 0 aliphatic carbocycles. The Labute approximate surface area is 222 Å². The number of halogens is 2. The van der Waals surface area contributed by atoms with E-state index >= 15 is 0 Å². The molecule has 0 saturated heterocycles. The summed E-state index contributed by atoms with van der Waals surface area (Å²) < 4.78 is 29.5. The topological polar surface area (TPSA) is 82.1 Å². The van der Waals surface area contributed by atoms with Gasteiger partial charge in [-0.3, -0.25) is 9.52 Å². The smallest absolute Gasteiger partial charge is 0.263 e. The Morgan fingerprint density at radius 3 is 2.29 bits per heavy atom. The van der Waals surface area contributed by atoms with E-state index < -0.39 is 10.0 Å². The molecule has 0 bridgehead atoms. The molecule has 1 unspecified atom stereocenters. The summed E-state index contributed by atoms with van der Waals surface area (Å²) in [5.41, 5.74) is 4.11. The number of carbonyl (C=O) groups excluding carboxylic acids is 1. The van der Waals surface area contributed by atoms with Crippen LogP contribution in [0, 0.1) is 0 Å². The Hall–Kier alpha value is -2.69. The first-order chi connectivity index (χ1) is 16.5. The predicted molar refractivity (Wildman–Crippen MR) is 146 cm³/mol. The second-order valence-electron chi connectivity index (χ2n) is 8.37. The van der Waals surface area contributed by atoms with Crippen molar-refractivity contribution >= 4 is 64.9 Å². The molecule has 1 atom stereocenters. The zero-order chi connectivity index (χ0) is 25.3. The van der Waals surface area contributed by atoms with Gasteiger partial charge >= 0.3 is 0 Å². The van der Waals surface area contributed by atoms with Crippen LogP contribution in [0.25, 0.3) is 0 Å².